The molecule has 0 saturated carbocycles. The lowest BCUT2D eigenvalue weighted by molar-refractivity contribution is -0.162. The molecular formula is C16H21IN4O5. The van der Waals surface area contributed by atoms with Gasteiger partial charge in [0.15, 0.2) is 5.65 Å². The number of aliphatic hydroxyl groups excluding tert-OH is 1. The Kier molecular flexibility index (Phi) is 5.01. The number of anilines is 1. The lowest BCUT2D eigenvalue weighted by Crippen LogP contribution is -2.34. The maximum absolute atomic E-state index is 12.2. The summed E-state index contributed by atoms with van der Waals surface area (Å²) in [5, 5.41) is 10.0. The largest absolute Gasteiger partial charge is 0.459 e. The number of aromatic nitrogens is 3. The van der Waals surface area contributed by atoms with E-state index < -0.39 is 23.9 Å². The second-order valence-electron chi connectivity index (χ2n) is 7.28. The van der Waals surface area contributed by atoms with E-state index in [2.05, 4.69) is 9.97 Å². The standard InChI is InChI=1S/C16H21IN4O5/c1-16(2,3)14(24)26-8-4-10(25-9(8)6-22)21-5-7(17)11-12(21)19-15(18)20-13(11)23/h5,8-10,22H,4,6H2,1-3H3,(H3,18,19,20,23)/t8-,9?,10?/m0/s1. The van der Waals surface area contributed by atoms with Crippen LogP contribution in [0.1, 0.15) is 33.4 Å². The molecule has 2 aromatic rings. The summed E-state index contributed by atoms with van der Waals surface area (Å²) in [4.78, 5) is 31.0. The molecular weight excluding hydrogens is 455 g/mol. The zero-order valence-electron chi connectivity index (χ0n) is 14.7. The summed E-state index contributed by atoms with van der Waals surface area (Å²) in [5.74, 6) is -0.360. The van der Waals surface area contributed by atoms with Crippen LogP contribution >= 0.6 is 22.6 Å². The van der Waals surface area contributed by atoms with Crippen molar-refractivity contribution in [1.29, 1.82) is 0 Å². The van der Waals surface area contributed by atoms with E-state index in [0.717, 1.165) is 0 Å². The Bertz CT molecular complexity index is 900. The van der Waals surface area contributed by atoms with Gasteiger partial charge in [-0.25, -0.2) is 0 Å². The van der Waals surface area contributed by atoms with Crippen molar-refractivity contribution in [1.82, 2.24) is 14.5 Å². The molecule has 0 amide bonds. The van der Waals surface area contributed by atoms with Gasteiger partial charge in [0.2, 0.25) is 5.95 Å². The van der Waals surface area contributed by atoms with Gasteiger partial charge in [0.05, 0.1) is 17.4 Å². The maximum atomic E-state index is 12.2. The number of H-pyrrole nitrogens is 1. The molecule has 3 heterocycles. The fourth-order valence-corrected chi connectivity index (χ4v) is 3.61. The molecule has 4 N–H and O–H groups in total. The van der Waals surface area contributed by atoms with E-state index >= 15 is 0 Å². The number of halogens is 1. The van der Waals surface area contributed by atoms with Gasteiger partial charge < -0.3 is 24.9 Å². The number of hydrogen-bond donors (Lipinski definition) is 3. The molecule has 1 aliphatic rings. The molecule has 2 aromatic heterocycles. The Labute approximate surface area is 163 Å². The van der Waals surface area contributed by atoms with Crippen LogP contribution in [-0.2, 0) is 14.3 Å². The molecule has 3 rings (SSSR count). The maximum Gasteiger partial charge on any atom is 0.311 e. The molecule has 1 saturated heterocycles. The monoisotopic (exact) mass is 476 g/mol. The molecule has 1 fully saturated rings. The molecule has 0 aromatic carbocycles. The number of carbonyl (C=O) groups excluding carboxylic acids is 1. The van der Waals surface area contributed by atoms with E-state index in [9.17, 15) is 14.7 Å². The van der Waals surface area contributed by atoms with Gasteiger partial charge in [0.25, 0.3) is 5.56 Å². The summed E-state index contributed by atoms with van der Waals surface area (Å²) in [6, 6.07) is 0. The van der Waals surface area contributed by atoms with E-state index in [0.29, 0.717) is 21.0 Å². The van der Waals surface area contributed by atoms with Gasteiger partial charge >= 0.3 is 5.97 Å². The van der Waals surface area contributed by atoms with Crippen LogP contribution < -0.4 is 11.3 Å². The van der Waals surface area contributed by atoms with Crippen LogP contribution in [0.25, 0.3) is 11.0 Å². The van der Waals surface area contributed by atoms with E-state index in [4.69, 9.17) is 15.2 Å². The Balaban J connectivity index is 1.93. The Morgan fingerprint density at radius 3 is 2.88 bits per heavy atom. The zero-order valence-corrected chi connectivity index (χ0v) is 16.8. The fraction of sp³-hybridized carbons (Fsp3) is 0.562. The van der Waals surface area contributed by atoms with Crippen molar-refractivity contribution in [3.63, 3.8) is 0 Å². The SMILES string of the molecule is CC(C)(C)C(=O)O[C@H]1CC(n2cc(I)c3c(=O)[nH]c(N)nc32)OC1CO. The summed E-state index contributed by atoms with van der Waals surface area (Å²) < 4.78 is 13.8. The highest BCUT2D eigenvalue weighted by molar-refractivity contribution is 14.1. The van der Waals surface area contributed by atoms with Crippen molar-refractivity contribution >= 4 is 45.5 Å². The molecule has 1 aliphatic heterocycles. The van der Waals surface area contributed by atoms with Crippen LogP contribution in [0.5, 0.6) is 0 Å². The van der Waals surface area contributed by atoms with Crippen LogP contribution in [-0.4, -0.2) is 44.4 Å². The number of ether oxygens (including phenoxy) is 2. The molecule has 0 spiro atoms. The first kappa shape index (κ1) is 19.1. The van der Waals surface area contributed by atoms with Crippen molar-refractivity contribution in [3.8, 4) is 0 Å². The van der Waals surface area contributed by atoms with Crippen molar-refractivity contribution < 1.29 is 19.4 Å². The minimum Gasteiger partial charge on any atom is -0.459 e. The number of nitrogens with zero attached hydrogens (tertiary/aromatic N) is 2. The van der Waals surface area contributed by atoms with Crippen molar-refractivity contribution in [2.24, 2.45) is 5.41 Å². The minimum atomic E-state index is -0.656. The third-order valence-electron chi connectivity index (χ3n) is 4.20. The molecule has 10 heteroatoms. The Morgan fingerprint density at radius 1 is 1.58 bits per heavy atom. The third-order valence-corrected chi connectivity index (χ3v) is 5.01. The molecule has 3 atom stereocenters. The number of aliphatic hydroxyl groups is 1. The highest BCUT2D eigenvalue weighted by Crippen LogP contribution is 2.35. The van der Waals surface area contributed by atoms with Crippen LogP contribution in [0, 0.1) is 8.99 Å². The zero-order chi connectivity index (χ0) is 19.2. The highest BCUT2D eigenvalue weighted by atomic mass is 127. The van der Waals surface area contributed by atoms with Crippen LogP contribution in [0.15, 0.2) is 11.0 Å². The van der Waals surface area contributed by atoms with Crippen LogP contribution in [0.3, 0.4) is 0 Å². The summed E-state index contributed by atoms with van der Waals surface area (Å²) in [7, 11) is 0. The van der Waals surface area contributed by atoms with E-state index in [-0.39, 0.29) is 24.1 Å². The molecule has 0 aliphatic carbocycles. The van der Waals surface area contributed by atoms with Gasteiger partial charge in [0.1, 0.15) is 18.4 Å². The summed E-state index contributed by atoms with van der Waals surface area (Å²) in [5.41, 5.74) is 5.07. The molecule has 2 unspecified atom stereocenters. The van der Waals surface area contributed by atoms with Gasteiger partial charge in [-0.05, 0) is 43.4 Å². The minimum absolute atomic E-state index is 0.00525. The average molecular weight is 476 g/mol. The van der Waals surface area contributed by atoms with Gasteiger partial charge in [-0.15, -0.1) is 0 Å². The summed E-state index contributed by atoms with van der Waals surface area (Å²) >= 11 is 2.04. The van der Waals surface area contributed by atoms with Crippen LogP contribution in [0.2, 0.25) is 0 Å². The van der Waals surface area contributed by atoms with E-state index in [1.54, 1.807) is 31.5 Å². The first-order valence-corrected chi connectivity index (χ1v) is 9.23. The lowest BCUT2D eigenvalue weighted by atomic mass is 9.97. The number of hydrogen-bond acceptors (Lipinski definition) is 7. The number of nitrogens with one attached hydrogen (secondary N) is 1. The smallest absolute Gasteiger partial charge is 0.311 e. The molecule has 142 valence electrons. The second kappa shape index (κ2) is 6.82. The topological polar surface area (TPSA) is 132 Å². The van der Waals surface area contributed by atoms with E-state index in [1.165, 1.54) is 0 Å². The Hall–Kier alpha value is -1.66. The average Bonchev–Trinajstić information content (AvgIpc) is 3.07. The lowest BCUT2D eigenvalue weighted by Gasteiger charge is -2.22. The van der Waals surface area contributed by atoms with Gasteiger partial charge in [-0.2, -0.15) is 4.98 Å². The van der Waals surface area contributed by atoms with Crippen LogP contribution in [0.4, 0.5) is 5.95 Å². The number of nitrogens with two attached hydrogens (primary N) is 1. The summed E-state index contributed by atoms with van der Waals surface area (Å²) in [6.07, 6.45) is 0.290. The summed E-state index contributed by atoms with van der Waals surface area (Å²) in [6.45, 7) is 5.00. The van der Waals surface area contributed by atoms with Gasteiger partial charge in [-0.3, -0.25) is 14.6 Å². The predicted octanol–water partition coefficient (Wildman–Crippen LogP) is 1.15. The third kappa shape index (κ3) is 3.45. The highest BCUT2D eigenvalue weighted by Gasteiger charge is 2.40. The molecule has 0 bridgehead atoms. The molecule has 9 nitrogen and oxygen atoms in total. The molecule has 26 heavy (non-hydrogen) atoms. The van der Waals surface area contributed by atoms with Crippen molar-refractivity contribution in [2.45, 2.75) is 45.6 Å². The fourth-order valence-electron chi connectivity index (χ4n) is 2.82. The first-order valence-electron chi connectivity index (χ1n) is 8.15. The predicted molar refractivity (Wildman–Crippen MR) is 102 cm³/mol. The first-order chi connectivity index (χ1) is 12.1. The second-order valence-corrected chi connectivity index (χ2v) is 8.44. The normalized spacial score (nSPS) is 23.5. The van der Waals surface area contributed by atoms with Gasteiger partial charge in [0, 0.05) is 16.2 Å². The van der Waals surface area contributed by atoms with E-state index in [1.807, 2.05) is 22.6 Å². The molecule has 0 radical (unpaired) electrons. The Morgan fingerprint density at radius 2 is 2.27 bits per heavy atom. The number of aromatic amines is 1. The number of rotatable bonds is 3. The van der Waals surface area contributed by atoms with Gasteiger partial charge in [-0.1, -0.05) is 0 Å². The van der Waals surface area contributed by atoms with Crippen molar-refractivity contribution in [2.75, 3.05) is 12.3 Å². The quantitative estimate of drug-likeness (QED) is 0.447. The number of fused-ring (bicyclic) bond motifs is 1. The number of carbonyl (C=O) groups is 1. The van der Waals surface area contributed by atoms with Crippen molar-refractivity contribution in [3.05, 3.63) is 20.1 Å². The number of esters is 1. The number of nitrogen functional groups attached to an aromatic ring is 1.